The molecule has 0 aliphatic rings. The number of benzene rings is 2. The highest BCUT2D eigenvalue weighted by atomic mass is 79.9. The monoisotopic (exact) mass is 505 g/mol. The van der Waals surface area contributed by atoms with Crippen molar-refractivity contribution in [1.82, 2.24) is 15.0 Å². The number of anilines is 2. The number of hydrogen-bond donors (Lipinski definition) is 2. The number of carbonyl (C=O) groups excluding carboxylic acids is 1. The predicted molar refractivity (Wildman–Crippen MR) is 132 cm³/mol. The molecular weight excluding hydrogens is 486 g/mol. The number of carbonyl (C=O) groups is 1. The van der Waals surface area contributed by atoms with Crippen molar-refractivity contribution >= 4 is 45.1 Å². The Balaban J connectivity index is 1.45. The summed E-state index contributed by atoms with van der Waals surface area (Å²) in [5.74, 6) is 0.805. The van der Waals surface area contributed by atoms with E-state index in [4.69, 9.17) is 0 Å². The summed E-state index contributed by atoms with van der Waals surface area (Å²) in [6.45, 7) is 2.03. The molecule has 2 aromatic carbocycles. The Morgan fingerprint density at radius 1 is 0.938 bits per heavy atom. The lowest BCUT2D eigenvalue weighted by Gasteiger charge is -2.10. The van der Waals surface area contributed by atoms with Crippen LogP contribution in [0.3, 0.4) is 0 Å². The Morgan fingerprint density at radius 2 is 1.75 bits per heavy atom. The summed E-state index contributed by atoms with van der Waals surface area (Å²) in [6.07, 6.45) is 4.33. The zero-order valence-electron chi connectivity index (χ0n) is 17.2. The number of nitrogens with one attached hydrogen (secondary N) is 2. The summed E-state index contributed by atoms with van der Waals surface area (Å²) >= 11 is 4.94. The molecular formula is C24H20BrN5OS. The number of rotatable bonds is 6. The van der Waals surface area contributed by atoms with E-state index in [2.05, 4.69) is 41.5 Å². The first-order chi connectivity index (χ1) is 15.6. The van der Waals surface area contributed by atoms with Crippen LogP contribution in [0.15, 0.2) is 93.5 Å². The van der Waals surface area contributed by atoms with Gasteiger partial charge in [0, 0.05) is 45.1 Å². The largest absolute Gasteiger partial charge is 0.323 e. The average Bonchev–Trinajstić information content (AvgIpc) is 2.81. The van der Waals surface area contributed by atoms with E-state index in [-0.39, 0.29) is 6.03 Å². The van der Waals surface area contributed by atoms with Crippen molar-refractivity contribution < 1.29 is 4.79 Å². The van der Waals surface area contributed by atoms with Crippen LogP contribution in [0.2, 0.25) is 0 Å². The van der Waals surface area contributed by atoms with Crippen molar-refractivity contribution in [2.24, 2.45) is 0 Å². The minimum Gasteiger partial charge on any atom is -0.308 e. The number of nitrogens with zero attached hydrogens (tertiary/aromatic N) is 3. The van der Waals surface area contributed by atoms with Gasteiger partial charge in [-0.3, -0.25) is 0 Å². The maximum atomic E-state index is 12.3. The van der Waals surface area contributed by atoms with Crippen LogP contribution >= 0.6 is 27.7 Å². The number of urea groups is 1. The van der Waals surface area contributed by atoms with Crippen LogP contribution in [0, 0.1) is 0 Å². The number of pyridine rings is 1. The number of aryl methyl sites for hydroxylation is 1. The SMILES string of the molecule is CCc1nccc(-c2cccnc2Sc2ccc(NC(=O)Nc3cccc(Br)c3)cc2)n1. The van der Waals surface area contributed by atoms with Crippen molar-refractivity contribution in [2.45, 2.75) is 23.3 Å². The molecule has 0 saturated carbocycles. The van der Waals surface area contributed by atoms with Crippen LogP contribution in [-0.2, 0) is 6.42 Å². The van der Waals surface area contributed by atoms with E-state index in [0.29, 0.717) is 11.4 Å². The number of halogens is 1. The van der Waals surface area contributed by atoms with Gasteiger partial charge in [0.15, 0.2) is 0 Å². The standard InChI is InChI=1S/C24H20BrN5OS/c1-2-22-26-14-12-21(30-22)20-7-4-13-27-23(20)32-19-10-8-17(9-11-19)28-24(31)29-18-6-3-5-16(25)15-18/h3-15H,2H2,1H3,(H2,28,29,31). The molecule has 0 radical (unpaired) electrons. The van der Waals surface area contributed by atoms with Crippen LogP contribution < -0.4 is 10.6 Å². The van der Waals surface area contributed by atoms with Crippen molar-refractivity contribution in [3.8, 4) is 11.3 Å². The van der Waals surface area contributed by atoms with E-state index in [9.17, 15) is 4.79 Å². The zero-order chi connectivity index (χ0) is 22.3. The van der Waals surface area contributed by atoms with Crippen molar-refractivity contribution in [1.29, 1.82) is 0 Å². The zero-order valence-corrected chi connectivity index (χ0v) is 19.7. The fourth-order valence-electron chi connectivity index (χ4n) is 2.96. The molecule has 2 heterocycles. The Hall–Kier alpha value is -3.23. The second kappa shape index (κ2) is 10.4. The third-order valence-electron chi connectivity index (χ3n) is 4.48. The molecule has 0 unspecified atom stereocenters. The Kier molecular flexibility index (Phi) is 7.14. The molecule has 0 fully saturated rings. The van der Waals surface area contributed by atoms with Crippen LogP contribution in [0.5, 0.6) is 0 Å². The Morgan fingerprint density at radius 3 is 2.53 bits per heavy atom. The maximum Gasteiger partial charge on any atom is 0.323 e. The van der Waals surface area contributed by atoms with Gasteiger partial charge in [-0.1, -0.05) is 40.7 Å². The van der Waals surface area contributed by atoms with Crippen molar-refractivity contribution in [3.05, 3.63) is 89.4 Å². The van der Waals surface area contributed by atoms with E-state index in [1.165, 1.54) is 0 Å². The van der Waals surface area contributed by atoms with E-state index in [1.807, 2.05) is 73.7 Å². The molecule has 4 rings (SSSR count). The molecule has 0 saturated heterocycles. The lowest BCUT2D eigenvalue weighted by atomic mass is 10.2. The van der Waals surface area contributed by atoms with Gasteiger partial charge in [0.1, 0.15) is 10.9 Å². The molecule has 4 aromatic rings. The fraction of sp³-hybridized carbons (Fsp3) is 0.0833. The van der Waals surface area contributed by atoms with Gasteiger partial charge < -0.3 is 10.6 Å². The third kappa shape index (κ3) is 5.72. The molecule has 0 spiro atoms. The highest BCUT2D eigenvalue weighted by molar-refractivity contribution is 9.10. The molecule has 0 atom stereocenters. The lowest BCUT2D eigenvalue weighted by Crippen LogP contribution is -2.19. The number of amides is 2. The van der Waals surface area contributed by atoms with Crippen LogP contribution in [0.4, 0.5) is 16.2 Å². The number of aromatic nitrogens is 3. The Labute approximate surface area is 199 Å². The highest BCUT2D eigenvalue weighted by Crippen LogP contribution is 2.34. The first kappa shape index (κ1) is 22.0. The molecule has 8 heteroatoms. The second-order valence-electron chi connectivity index (χ2n) is 6.78. The third-order valence-corrected chi connectivity index (χ3v) is 6.00. The first-order valence-electron chi connectivity index (χ1n) is 9.99. The van der Waals surface area contributed by atoms with E-state index >= 15 is 0 Å². The van der Waals surface area contributed by atoms with Crippen molar-refractivity contribution in [3.63, 3.8) is 0 Å². The average molecular weight is 506 g/mol. The molecule has 2 aromatic heterocycles. The number of hydrogen-bond acceptors (Lipinski definition) is 5. The molecule has 6 nitrogen and oxygen atoms in total. The van der Waals surface area contributed by atoms with Crippen molar-refractivity contribution in [2.75, 3.05) is 10.6 Å². The van der Waals surface area contributed by atoms with Crippen LogP contribution in [0.25, 0.3) is 11.3 Å². The van der Waals surface area contributed by atoms with E-state index in [0.717, 1.165) is 37.9 Å². The summed E-state index contributed by atoms with van der Waals surface area (Å²) in [4.78, 5) is 26.7. The van der Waals surface area contributed by atoms with Gasteiger partial charge in [-0.05, 0) is 60.7 Å². The van der Waals surface area contributed by atoms with Gasteiger partial charge in [0.2, 0.25) is 0 Å². The molecule has 2 amide bonds. The van der Waals surface area contributed by atoms with Gasteiger partial charge in [0.25, 0.3) is 0 Å². The molecule has 0 aliphatic heterocycles. The lowest BCUT2D eigenvalue weighted by molar-refractivity contribution is 0.262. The summed E-state index contributed by atoms with van der Waals surface area (Å²) in [7, 11) is 0. The van der Waals surface area contributed by atoms with Crippen LogP contribution in [0.1, 0.15) is 12.7 Å². The molecule has 160 valence electrons. The first-order valence-corrected chi connectivity index (χ1v) is 11.6. The smallest absolute Gasteiger partial charge is 0.308 e. The van der Waals surface area contributed by atoms with Gasteiger partial charge in [0.05, 0.1) is 5.69 Å². The maximum absolute atomic E-state index is 12.3. The summed E-state index contributed by atoms with van der Waals surface area (Å²) in [6, 6.07) is 20.6. The Bertz CT molecular complexity index is 1230. The second-order valence-corrected chi connectivity index (χ2v) is 8.76. The normalized spacial score (nSPS) is 10.6. The molecule has 0 aliphatic carbocycles. The quantitative estimate of drug-likeness (QED) is 0.306. The van der Waals surface area contributed by atoms with E-state index in [1.54, 1.807) is 24.2 Å². The minimum atomic E-state index is -0.300. The minimum absolute atomic E-state index is 0.300. The predicted octanol–water partition coefficient (Wildman–Crippen LogP) is 6.66. The highest BCUT2D eigenvalue weighted by Gasteiger charge is 2.11. The topological polar surface area (TPSA) is 79.8 Å². The van der Waals surface area contributed by atoms with Gasteiger partial charge >= 0.3 is 6.03 Å². The molecule has 0 bridgehead atoms. The molecule has 32 heavy (non-hydrogen) atoms. The molecule has 2 N–H and O–H groups in total. The fourth-order valence-corrected chi connectivity index (χ4v) is 4.25. The van der Waals surface area contributed by atoms with Crippen LogP contribution in [-0.4, -0.2) is 21.0 Å². The van der Waals surface area contributed by atoms with Gasteiger partial charge in [-0.25, -0.2) is 19.7 Å². The summed E-state index contributed by atoms with van der Waals surface area (Å²) < 4.78 is 0.901. The summed E-state index contributed by atoms with van der Waals surface area (Å²) in [5, 5.41) is 6.52. The van der Waals surface area contributed by atoms with E-state index < -0.39 is 0 Å². The van der Waals surface area contributed by atoms with Gasteiger partial charge in [-0.15, -0.1) is 0 Å². The van der Waals surface area contributed by atoms with Gasteiger partial charge in [-0.2, -0.15) is 0 Å². The summed E-state index contributed by atoms with van der Waals surface area (Å²) in [5.41, 5.74) is 3.23.